The summed E-state index contributed by atoms with van der Waals surface area (Å²) in [7, 11) is 0. The van der Waals surface area contributed by atoms with Crippen LogP contribution in [0, 0.1) is 0 Å². The minimum Gasteiger partial charge on any atom is -0.383 e. The molecule has 8 heteroatoms. The smallest absolute Gasteiger partial charge is 0.383 e. The van der Waals surface area contributed by atoms with E-state index in [9.17, 15) is 13.2 Å². The lowest BCUT2D eigenvalue weighted by Gasteiger charge is -2.06. The first-order chi connectivity index (χ1) is 6.99. The average molecular weight is 295 g/mol. The molecule has 0 aromatic carbocycles. The van der Waals surface area contributed by atoms with Crippen LogP contribution in [-0.4, -0.2) is 23.3 Å². The maximum absolute atomic E-state index is 11.8. The average Bonchev–Trinajstić information content (AvgIpc) is 2.18. The van der Waals surface area contributed by atoms with Gasteiger partial charge in [0.1, 0.15) is 5.82 Å². The van der Waals surface area contributed by atoms with E-state index >= 15 is 0 Å². The highest BCUT2D eigenvalue weighted by atomic mass is 35.5. The van der Waals surface area contributed by atoms with Crippen molar-refractivity contribution in [3.8, 4) is 0 Å². The Morgan fingerprint density at radius 3 is 2.44 bits per heavy atom. The predicted molar refractivity (Wildman–Crippen MR) is 64.5 cm³/mol. The second-order valence-electron chi connectivity index (χ2n) is 2.29. The molecule has 0 amide bonds. The summed E-state index contributed by atoms with van der Waals surface area (Å²) in [6.45, 7) is 0. The van der Waals surface area contributed by atoms with Crippen molar-refractivity contribution in [1.82, 2.24) is 4.98 Å². The summed E-state index contributed by atoms with van der Waals surface area (Å²) in [5.74, 6) is -0.806. The molecule has 2 N–H and O–H groups in total. The van der Waals surface area contributed by atoms with Crippen LogP contribution in [0.2, 0.25) is 0 Å². The van der Waals surface area contributed by atoms with Crippen LogP contribution in [-0.2, 0) is 0 Å². The Morgan fingerprint density at radius 2 is 2.00 bits per heavy atom. The van der Waals surface area contributed by atoms with E-state index in [1.54, 1.807) is 6.07 Å². The highest BCUT2D eigenvalue weighted by Gasteiger charge is 2.27. The van der Waals surface area contributed by atoms with Gasteiger partial charge in [0.15, 0.2) is 0 Å². The Bertz CT molecular complexity index is 297. The van der Waals surface area contributed by atoms with Crippen molar-refractivity contribution in [2.24, 2.45) is 0 Å². The Balaban J connectivity index is 0. The van der Waals surface area contributed by atoms with Crippen LogP contribution in [0.25, 0.3) is 0 Å². The molecule has 1 aromatic heterocycles. The molecule has 0 saturated heterocycles. The Morgan fingerprint density at radius 1 is 1.44 bits per heavy atom. The lowest BCUT2D eigenvalue weighted by atomic mass is 10.5. The third-order valence-corrected chi connectivity index (χ3v) is 2.32. The first kappa shape index (κ1) is 18.0. The van der Waals surface area contributed by atoms with E-state index in [1.807, 2.05) is 0 Å². The van der Waals surface area contributed by atoms with Gasteiger partial charge in [-0.3, -0.25) is 0 Å². The van der Waals surface area contributed by atoms with Crippen molar-refractivity contribution in [3.63, 3.8) is 0 Å². The fourth-order valence-electron chi connectivity index (χ4n) is 0.684. The van der Waals surface area contributed by atoms with Crippen LogP contribution in [0.15, 0.2) is 23.2 Å². The van der Waals surface area contributed by atoms with Crippen molar-refractivity contribution in [2.45, 2.75) is 11.1 Å². The number of halogens is 5. The van der Waals surface area contributed by atoms with Gasteiger partial charge in [0.2, 0.25) is 0 Å². The summed E-state index contributed by atoms with van der Waals surface area (Å²) in [5.41, 5.74) is 5.35. The molecule has 0 saturated carbocycles. The number of nitrogens with zero attached hydrogens (tertiary/aromatic N) is 1. The topological polar surface area (TPSA) is 38.9 Å². The van der Waals surface area contributed by atoms with Crippen LogP contribution < -0.4 is 5.73 Å². The molecule has 0 radical (unpaired) electrons. The zero-order valence-electron chi connectivity index (χ0n) is 8.29. The van der Waals surface area contributed by atoms with Crippen LogP contribution >= 0.6 is 35.8 Å². The highest BCUT2D eigenvalue weighted by Crippen LogP contribution is 2.29. The molecule has 0 aliphatic rings. The molecule has 0 bridgehead atoms. The Kier molecular flexibility index (Phi) is 9.90. The fourth-order valence-corrected chi connectivity index (χ4v) is 1.38. The van der Waals surface area contributed by atoms with Crippen molar-refractivity contribution < 1.29 is 13.2 Å². The third kappa shape index (κ3) is 7.90. The number of pyridine rings is 1. The van der Waals surface area contributed by atoms with E-state index in [1.165, 1.54) is 18.6 Å². The first-order valence-corrected chi connectivity index (χ1v) is 5.51. The molecule has 1 rings (SSSR count). The van der Waals surface area contributed by atoms with Crippen LogP contribution in [0.5, 0.6) is 0 Å². The van der Waals surface area contributed by atoms with Crippen molar-refractivity contribution in [1.29, 1.82) is 0 Å². The summed E-state index contributed by atoms with van der Waals surface area (Å²) < 4.78 is 35.4. The van der Waals surface area contributed by atoms with E-state index < -0.39 is 11.9 Å². The van der Waals surface area contributed by atoms with Crippen LogP contribution in [0.3, 0.4) is 0 Å². The highest BCUT2D eigenvalue weighted by molar-refractivity contribution is 7.99. The second-order valence-corrected chi connectivity index (χ2v) is 3.31. The van der Waals surface area contributed by atoms with E-state index in [4.69, 9.17) is 5.73 Å². The van der Waals surface area contributed by atoms with E-state index in [0.29, 0.717) is 16.7 Å². The van der Waals surface area contributed by atoms with Gasteiger partial charge >= 0.3 is 6.18 Å². The summed E-state index contributed by atoms with van der Waals surface area (Å²) in [6.07, 6.45) is -1.26. The molecular weight excluding hydrogens is 284 g/mol. The molecule has 16 heavy (non-hydrogen) atoms. The van der Waals surface area contributed by atoms with Crippen molar-refractivity contribution >= 4 is 41.6 Å². The number of anilines is 1. The summed E-state index contributed by atoms with van der Waals surface area (Å²) in [4.78, 5) is 4.03. The fraction of sp³-hybridized carbons (Fsp3) is 0.375. The monoisotopic (exact) mass is 294 g/mol. The second kappa shape index (κ2) is 8.78. The van der Waals surface area contributed by atoms with Gasteiger partial charge in [0.25, 0.3) is 0 Å². The molecule has 0 fully saturated rings. The number of nitrogen functional groups attached to an aromatic ring is 1. The SMILES string of the molecule is CCl.Cl.Nc1ncccc1SCC(F)(F)F. The summed E-state index contributed by atoms with van der Waals surface area (Å²) in [5, 5.41) is 0. The third-order valence-electron chi connectivity index (χ3n) is 1.19. The lowest BCUT2D eigenvalue weighted by Crippen LogP contribution is -2.10. The zero-order valence-corrected chi connectivity index (χ0v) is 10.7. The van der Waals surface area contributed by atoms with E-state index in [2.05, 4.69) is 16.6 Å². The molecule has 1 heterocycles. The van der Waals surface area contributed by atoms with Gasteiger partial charge in [0.05, 0.1) is 5.75 Å². The molecular formula is C8H11Cl2F3N2S. The normalized spacial score (nSPS) is 9.81. The molecule has 0 unspecified atom stereocenters. The van der Waals surface area contributed by atoms with Gasteiger partial charge in [-0.25, -0.2) is 4.98 Å². The number of rotatable bonds is 2. The van der Waals surface area contributed by atoms with Gasteiger partial charge < -0.3 is 5.73 Å². The van der Waals surface area contributed by atoms with E-state index in [0.717, 1.165) is 0 Å². The first-order valence-electron chi connectivity index (χ1n) is 3.77. The largest absolute Gasteiger partial charge is 0.398 e. The number of hydrogen-bond donors (Lipinski definition) is 1. The number of hydrogen-bond acceptors (Lipinski definition) is 3. The van der Waals surface area contributed by atoms with Gasteiger partial charge in [-0.05, 0) is 12.1 Å². The van der Waals surface area contributed by atoms with Crippen LogP contribution in [0.4, 0.5) is 19.0 Å². The number of thioether (sulfide) groups is 1. The minimum atomic E-state index is -4.17. The quantitative estimate of drug-likeness (QED) is 0.669. The van der Waals surface area contributed by atoms with Gasteiger partial charge in [-0.2, -0.15) is 13.2 Å². The summed E-state index contributed by atoms with van der Waals surface area (Å²) >= 11 is 5.28. The molecule has 0 aliphatic heterocycles. The summed E-state index contributed by atoms with van der Waals surface area (Å²) in [6, 6.07) is 3.06. The number of aromatic nitrogens is 1. The molecule has 0 aliphatic carbocycles. The van der Waals surface area contributed by atoms with Gasteiger partial charge in [0, 0.05) is 17.5 Å². The standard InChI is InChI=1S/C7H7F3N2S.CH3Cl.ClH/c8-7(9,10)4-13-5-2-1-3-12-6(5)11;1-2;/h1-3H,4H2,(H2,11,12);1H3;1H. The van der Waals surface area contributed by atoms with Crippen molar-refractivity contribution in [2.75, 3.05) is 17.9 Å². The minimum absolute atomic E-state index is 0. The maximum Gasteiger partial charge on any atom is 0.398 e. The Hall–Kier alpha value is -0.330. The number of alkyl halides is 4. The molecule has 0 atom stereocenters. The lowest BCUT2D eigenvalue weighted by molar-refractivity contribution is -0.105. The molecule has 94 valence electrons. The Labute approximate surface area is 107 Å². The molecule has 2 nitrogen and oxygen atoms in total. The predicted octanol–water partition coefficient (Wildman–Crippen LogP) is 3.60. The van der Waals surface area contributed by atoms with Crippen molar-refractivity contribution in [3.05, 3.63) is 18.3 Å². The van der Waals surface area contributed by atoms with Crippen LogP contribution in [0.1, 0.15) is 0 Å². The van der Waals surface area contributed by atoms with E-state index in [-0.39, 0.29) is 18.2 Å². The van der Waals surface area contributed by atoms with Gasteiger partial charge in [-0.1, -0.05) is 0 Å². The molecule has 0 spiro atoms. The number of nitrogens with two attached hydrogens (primary N) is 1. The van der Waals surface area contributed by atoms with Gasteiger partial charge in [-0.15, -0.1) is 35.8 Å². The maximum atomic E-state index is 11.8. The zero-order chi connectivity index (χ0) is 11.9. The molecule has 1 aromatic rings.